The van der Waals surface area contributed by atoms with Crippen molar-refractivity contribution in [3.05, 3.63) is 60.8 Å². The molecule has 1 N–H and O–H groups in total. The smallest absolute Gasteiger partial charge is 0.306 e. The van der Waals surface area contributed by atoms with Gasteiger partial charge in [0.25, 0.3) is 0 Å². The average molecular weight is 531 g/mol. The maximum Gasteiger partial charge on any atom is 0.306 e. The molecule has 0 radical (unpaired) electrons. The molecule has 0 saturated carbocycles. The van der Waals surface area contributed by atoms with Crippen LogP contribution < -0.4 is 0 Å². The summed E-state index contributed by atoms with van der Waals surface area (Å²) in [6, 6.07) is 0. The minimum absolute atomic E-state index is 0.191. The van der Waals surface area contributed by atoms with Gasteiger partial charge in [-0.3, -0.25) is 4.79 Å². The normalized spacial score (nSPS) is 13.2. The second kappa shape index (κ2) is 31.3. The standard InChI is InChI=1S/C34H58O4/c1-3-5-7-9-11-13-14-15-16-17-18-19-20-21-22-24-26-28-30-37-32-33(31-35)38-34(36)29-27-25-23-12-10-8-6-4-2/h5,7,11,13,15-16,18-19,21-22,33,35H,3-4,6,8-10,12,14,17,20,23-32H2,1-2H3/b7-5-,13-11-,16-15-,19-18-,22-21-. The molecule has 0 heterocycles. The van der Waals surface area contributed by atoms with Gasteiger partial charge in [0.1, 0.15) is 6.10 Å². The van der Waals surface area contributed by atoms with Gasteiger partial charge < -0.3 is 14.6 Å². The summed E-state index contributed by atoms with van der Waals surface area (Å²) < 4.78 is 11.0. The van der Waals surface area contributed by atoms with Gasteiger partial charge in [0.05, 0.1) is 13.2 Å². The number of carbonyl (C=O) groups excluding carboxylic acids is 1. The molecule has 0 saturated heterocycles. The van der Waals surface area contributed by atoms with Crippen LogP contribution in [0.15, 0.2) is 60.8 Å². The van der Waals surface area contributed by atoms with Crippen molar-refractivity contribution >= 4 is 5.97 Å². The lowest BCUT2D eigenvalue weighted by Crippen LogP contribution is -2.27. The quantitative estimate of drug-likeness (QED) is 0.0653. The van der Waals surface area contributed by atoms with E-state index in [4.69, 9.17) is 9.47 Å². The van der Waals surface area contributed by atoms with E-state index in [2.05, 4.69) is 74.6 Å². The molecule has 218 valence electrons. The number of hydrogen-bond donors (Lipinski definition) is 1. The van der Waals surface area contributed by atoms with Gasteiger partial charge in [-0.15, -0.1) is 0 Å². The van der Waals surface area contributed by atoms with Crippen LogP contribution in [0.3, 0.4) is 0 Å². The number of allylic oxidation sites excluding steroid dienone is 10. The molecule has 4 nitrogen and oxygen atoms in total. The number of aliphatic hydroxyl groups excluding tert-OH is 1. The van der Waals surface area contributed by atoms with Gasteiger partial charge in [-0.25, -0.2) is 0 Å². The average Bonchev–Trinajstić information content (AvgIpc) is 2.92. The first-order valence-electron chi connectivity index (χ1n) is 15.4. The van der Waals surface area contributed by atoms with Crippen LogP contribution in [-0.4, -0.2) is 37.0 Å². The third-order valence-electron chi connectivity index (χ3n) is 6.11. The van der Waals surface area contributed by atoms with Crippen LogP contribution in [0.1, 0.15) is 123 Å². The van der Waals surface area contributed by atoms with Gasteiger partial charge in [0.15, 0.2) is 0 Å². The summed E-state index contributed by atoms with van der Waals surface area (Å²) in [5.74, 6) is -0.225. The number of esters is 1. The van der Waals surface area contributed by atoms with E-state index in [1.807, 2.05) is 0 Å². The van der Waals surface area contributed by atoms with Crippen LogP contribution in [0.25, 0.3) is 0 Å². The molecule has 1 atom stereocenters. The lowest BCUT2D eigenvalue weighted by Gasteiger charge is -2.15. The third kappa shape index (κ3) is 28.7. The van der Waals surface area contributed by atoms with Crippen molar-refractivity contribution in [2.75, 3.05) is 19.8 Å². The minimum atomic E-state index is -0.553. The number of hydrogen-bond acceptors (Lipinski definition) is 4. The van der Waals surface area contributed by atoms with Gasteiger partial charge in [0.2, 0.25) is 0 Å². The SMILES string of the molecule is CC/C=C\C/C=C\C/C=C\C/C=C\C/C=C\CCCCOCC(CO)OC(=O)CCCCCCCCCC. The van der Waals surface area contributed by atoms with Crippen molar-refractivity contribution in [3.63, 3.8) is 0 Å². The van der Waals surface area contributed by atoms with Crippen molar-refractivity contribution in [2.24, 2.45) is 0 Å². The van der Waals surface area contributed by atoms with Crippen LogP contribution >= 0.6 is 0 Å². The predicted octanol–water partition coefficient (Wildman–Crippen LogP) is 9.36. The highest BCUT2D eigenvalue weighted by Crippen LogP contribution is 2.10. The zero-order valence-electron chi connectivity index (χ0n) is 24.7. The Morgan fingerprint density at radius 2 is 1.18 bits per heavy atom. The van der Waals surface area contributed by atoms with E-state index in [1.165, 1.54) is 38.5 Å². The molecular formula is C34H58O4. The molecule has 0 aliphatic carbocycles. The fourth-order valence-corrected chi connectivity index (χ4v) is 3.82. The van der Waals surface area contributed by atoms with Gasteiger partial charge in [-0.05, 0) is 57.8 Å². The summed E-state index contributed by atoms with van der Waals surface area (Å²) in [6.07, 6.45) is 39.7. The number of ether oxygens (including phenoxy) is 2. The van der Waals surface area contributed by atoms with E-state index >= 15 is 0 Å². The monoisotopic (exact) mass is 530 g/mol. The first-order valence-corrected chi connectivity index (χ1v) is 15.4. The molecule has 4 heteroatoms. The number of unbranched alkanes of at least 4 members (excludes halogenated alkanes) is 9. The Morgan fingerprint density at radius 1 is 0.658 bits per heavy atom. The van der Waals surface area contributed by atoms with Crippen LogP contribution in [0, 0.1) is 0 Å². The summed E-state index contributed by atoms with van der Waals surface area (Å²) in [5, 5.41) is 9.47. The maximum atomic E-state index is 12.0. The molecule has 0 aliphatic rings. The van der Waals surface area contributed by atoms with Crippen LogP contribution in [-0.2, 0) is 14.3 Å². The maximum absolute atomic E-state index is 12.0. The second-order valence-corrected chi connectivity index (χ2v) is 9.80. The Bertz CT molecular complexity index is 645. The highest BCUT2D eigenvalue weighted by molar-refractivity contribution is 5.69. The fourth-order valence-electron chi connectivity index (χ4n) is 3.82. The Labute approximate surface area is 235 Å². The van der Waals surface area contributed by atoms with Crippen molar-refractivity contribution in [1.82, 2.24) is 0 Å². The largest absolute Gasteiger partial charge is 0.457 e. The second-order valence-electron chi connectivity index (χ2n) is 9.80. The van der Waals surface area contributed by atoms with Crippen LogP contribution in [0.4, 0.5) is 0 Å². The summed E-state index contributed by atoms with van der Waals surface area (Å²) in [4.78, 5) is 12.0. The first kappa shape index (κ1) is 36.1. The van der Waals surface area contributed by atoms with Gasteiger partial charge in [-0.1, -0.05) is 120 Å². The highest BCUT2D eigenvalue weighted by atomic mass is 16.6. The Hall–Kier alpha value is -1.91. The van der Waals surface area contributed by atoms with E-state index < -0.39 is 6.10 Å². The molecule has 0 aliphatic heterocycles. The zero-order chi connectivity index (χ0) is 27.8. The first-order chi connectivity index (χ1) is 18.7. The summed E-state index contributed by atoms with van der Waals surface area (Å²) >= 11 is 0. The molecule has 0 fully saturated rings. The molecule has 0 rings (SSSR count). The third-order valence-corrected chi connectivity index (χ3v) is 6.11. The topological polar surface area (TPSA) is 55.8 Å². The van der Waals surface area contributed by atoms with E-state index in [1.54, 1.807) is 0 Å². The Kier molecular flexibility index (Phi) is 29.7. The molecule has 0 aromatic heterocycles. The van der Waals surface area contributed by atoms with E-state index in [9.17, 15) is 9.90 Å². The zero-order valence-corrected chi connectivity index (χ0v) is 24.7. The number of aliphatic hydroxyl groups is 1. The van der Waals surface area contributed by atoms with Gasteiger partial charge >= 0.3 is 5.97 Å². The summed E-state index contributed by atoms with van der Waals surface area (Å²) in [5.41, 5.74) is 0. The lowest BCUT2D eigenvalue weighted by atomic mass is 10.1. The van der Waals surface area contributed by atoms with Crippen LogP contribution in [0.5, 0.6) is 0 Å². The fraction of sp³-hybridized carbons (Fsp3) is 0.676. The predicted molar refractivity (Wildman–Crippen MR) is 163 cm³/mol. The van der Waals surface area contributed by atoms with Crippen LogP contribution in [0.2, 0.25) is 0 Å². The molecule has 1 unspecified atom stereocenters. The van der Waals surface area contributed by atoms with Crippen molar-refractivity contribution in [1.29, 1.82) is 0 Å². The van der Waals surface area contributed by atoms with E-state index in [-0.39, 0.29) is 19.2 Å². The van der Waals surface area contributed by atoms with Crippen molar-refractivity contribution < 1.29 is 19.4 Å². The molecule has 0 amide bonds. The Morgan fingerprint density at radius 3 is 1.74 bits per heavy atom. The Balaban J connectivity index is 3.59. The van der Waals surface area contributed by atoms with Crippen molar-refractivity contribution in [3.8, 4) is 0 Å². The minimum Gasteiger partial charge on any atom is -0.457 e. The van der Waals surface area contributed by atoms with E-state index in [0.717, 1.165) is 64.2 Å². The molecular weight excluding hydrogens is 472 g/mol. The molecule has 0 aromatic carbocycles. The summed E-state index contributed by atoms with van der Waals surface area (Å²) in [7, 11) is 0. The van der Waals surface area contributed by atoms with E-state index in [0.29, 0.717) is 13.0 Å². The lowest BCUT2D eigenvalue weighted by molar-refractivity contribution is -0.154. The molecule has 38 heavy (non-hydrogen) atoms. The molecule has 0 bridgehead atoms. The molecule has 0 aromatic rings. The number of carbonyl (C=O) groups is 1. The van der Waals surface area contributed by atoms with Crippen molar-refractivity contribution in [2.45, 2.75) is 129 Å². The number of rotatable bonds is 27. The van der Waals surface area contributed by atoms with Gasteiger partial charge in [0, 0.05) is 13.0 Å². The molecule has 0 spiro atoms. The highest BCUT2D eigenvalue weighted by Gasteiger charge is 2.13. The summed E-state index contributed by atoms with van der Waals surface area (Å²) in [6.45, 7) is 5.08. The van der Waals surface area contributed by atoms with Gasteiger partial charge in [-0.2, -0.15) is 0 Å².